The highest BCUT2D eigenvalue weighted by atomic mass is 32.2. The molecular weight excluding hydrogens is 535 g/mol. The number of nitrogens with zero attached hydrogens (tertiary/aromatic N) is 1. The van der Waals surface area contributed by atoms with Crippen LogP contribution >= 0.6 is 0 Å². The van der Waals surface area contributed by atoms with E-state index < -0.39 is 44.4 Å². The van der Waals surface area contributed by atoms with Gasteiger partial charge in [-0.1, -0.05) is 53.7 Å². The van der Waals surface area contributed by atoms with Crippen molar-refractivity contribution < 1.29 is 26.8 Å². The first-order valence-electron chi connectivity index (χ1n) is 13.4. The first kappa shape index (κ1) is 34.7. The second-order valence-corrected chi connectivity index (χ2v) is 25.7. The van der Waals surface area contributed by atoms with E-state index in [0.717, 1.165) is 21.9 Å². The van der Waals surface area contributed by atoms with Gasteiger partial charge in [-0.05, 0) is 87.6 Å². The normalized spacial score (nSPS) is 14.7. The molecule has 0 aromatic heterocycles. The molecule has 0 heterocycles. The molecule has 1 atom stereocenters. The molecule has 10 heteroatoms. The van der Waals surface area contributed by atoms with Crippen molar-refractivity contribution in [2.24, 2.45) is 0 Å². The van der Waals surface area contributed by atoms with E-state index in [1.807, 2.05) is 24.3 Å². The molecular formula is C28H53NO6SSi2. The number of hydrogen-bond donors (Lipinski definition) is 0. The Balaban J connectivity index is 3.23. The number of hydrogen-bond acceptors (Lipinski definition) is 6. The molecule has 7 nitrogen and oxygen atoms in total. The summed E-state index contributed by atoms with van der Waals surface area (Å²) in [5.41, 5.74) is 0.202. The Morgan fingerprint density at radius 2 is 1.34 bits per heavy atom. The van der Waals surface area contributed by atoms with Gasteiger partial charge in [0.2, 0.25) is 18.3 Å². The largest absolute Gasteiger partial charge is 0.544 e. The average molecular weight is 588 g/mol. The molecule has 0 radical (unpaired) electrons. The predicted molar refractivity (Wildman–Crippen MR) is 162 cm³/mol. The molecule has 0 fully saturated rings. The van der Waals surface area contributed by atoms with E-state index in [2.05, 4.69) is 67.7 Å². The number of sulfonamides is 1. The van der Waals surface area contributed by atoms with E-state index >= 15 is 0 Å². The standard InChI is InChI=1S/C28H53NO6SSi2/c1-26(2,3)34-25(30)29(36(10,31)32)23(21-33-37(11,12)27(4,5)6)18-15-22-16-19-24(20-17-22)35-38(13,14)28(7,8)9/h16-17,19-20,23H,15,18,21H2,1-14H3/t23-/m0/s1. The summed E-state index contributed by atoms with van der Waals surface area (Å²) < 4.78 is 44.9. The summed E-state index contributed by atoms with van der Waals surface area (Å²) in [5, 5.41) is 0.0408. The van der Waals surface area contributed by atoms with E-state index in [9.17, 15) is 13.2 Å². The van der Waals surface area contributed by atoms with Crippen molar-refractivity contribution >= 4 is 32.8 Å². The minimum absolute atomic E-state index is 0.0562. The van der Waals surface area contributed by atoms with E-state index in [4.69, 9.17) is 13.6 Å². The molecule has 38 heavy (non-hydrogen) atoms. The third kappa shape index (κ3) is 10.3. The Morgan fingerprint density at radius 3 is 1.74 bits per heavy atom. The molecule has 220 valence electrons. The van der Waals surface area contributed by atoms with Gasteiger partial charge in [-0.25, -0.2) is 13.2 Å². The molecule has 0 saturated carbocycles. The molecule has 0 saturated heterocycles. The highest BCUT2D eigenvalue weighted by Gasteiger charge is 2.41. The zero-order valence-corrected chi connectivity index (χ0v) is 29.1. The zero-order valence-electron chi connectivity index (χ0n) is 26.3. The molecule has 0 N–H and O–H groups in total. The average Bonchev–Trinajstić information content (AvgIpc) is 2.66. The molecule has 0 aliphatic carbocycles. The van der Waals surface area contributed by atoms with Crippen molar-refractivity contribution in [1.82, 2.24) is 4.31 Å². The van der Waals surface area contributed by atoms with Crippen LogP contribution in [0.2, 0.25) is 36.3 Å². The minimum atomic E-state index is -3.91. The zero-order chi connectivity index (χ0) is 30.0. The SMILES string of the molecule is CC(C)(C)OC(=O)N([C@@H](CCc1ccc(O[Si](C)(C)C(C)(C)C)cc1)CO[Si](C)(C)C(C)(C)C)S(C)(=O)=O. The second-order valence-electron chi connectivity index (χ2n) is 14.3. The lowest BCUT2D eigenvalue weighted by Gasteiger charge is -2.39. The Hall–Kier alpha value is -1.37. The van der Waals surface area contributed by atoms with Crippen molar-refractivity contribution in [2.75, 3.05) is 12.9 Å². The van der Waals surface area contributed by atoms with Crippen LogP contribution in [-0.4, -0.2) is 60.0 Å². The number of benzene rings is 1. The second kappa shape index (κ2) is 12.0. The van der Waals surface area contributed by atoms with Gasteiger partial charge < -0.3 is 13.6 Å². The molecule has 1 aromatic carbocycles. The van der Waals surface area contributed by atoms with Crippen LogP contribution in [0.15, 0.2) is 24.3 Å². The van der Waals surface area contributed by atoms with Gasteiger partial charge in [-0.2, -0.15) is 4.31 Å². The number of carbonyl (C=O) groups is 1. The molecule has 0 spiro atoms. The molecule has 1 rings (SSSR count). The Labute approximate surface area is 234 Å². The lowest BCUT2D eigenvalue weighted by atomic mass is 10.1. The molecule has 0 bridgehead atoms. The lowest BCUT2D eigenvalue weighted by Crippen LogP contribution is -2.51. The Bertz CT molecular complexity index is 1030. The fourth-order valence-corrected chi connectivity index (χ4v) is 6.25. The van der Waals surface area contributed by atoms with Crippen LogP contribution in [0.5, 0.6) is 5.75 Å². The van der Waals surface area contributed by atoms with Crippen molar-refractivity contribution in [1.29, 1.82) is 0 Å². The van der Waals surface area contributed by atoms with Crippen LogP contribution in [0.25, 0.3) is 0 Å². The summed E-state index contributed by atoms with van der Waals surface area (Å²) in [6, 6.07) is 7.26. The van der Waals surface area contributed by atoms with Crippen LogP contribution in [0.4, 0.5) is 4.79 Å². The molecule has 1 aromatic rings. The maximum absolute atomic E-state index is 13.1. The molecule has 1 amide bonds. The first-order chi connectivity index (χ1) is 16.8. The van der Waals surface area contributed by atoms with Gasteiger partial charge in [0, 0.05) is 0 Å². The van der Waals surface area contributed by atoms with E-state index in [0.29, 0.717) is 12.8 Å². The third-order valence-corrected chi connectivity index (χ3v) is 17.6. The first-order valence-corrected chi connectivity index (χ1v) is 21.1. The number of rotatable bonds is 10. The van der Waals surface area contributed by atoms with Crippen LogP contribution in [-0.2, 0) is 25.6 Å². The maximum atomic E-state index is 13.1. The van der Waals surface area contributed by atoms with Crippen LogP contribution in [0, 0.1) is 0 Å². The van der Waals surface area contributed by atoms with Crippen molar-refractivity contribution in [2.45, 2.75) is 123 Å². The van der Waals surface area contributed by atoms with Gasteiger partial charge in [0.15, 0.2) is 8.32 Å². The third-order valence-electron chi connectivity index (χ3n) is 7.57. The predicted octanol–water partition coefficient (Wildman–Crippen LogP) is 7.59. The van der Waals surface area contributed by atoms with Gasteiger partial charge in [-0.3, -0.25) is 0 Å². The molecule has 0 aliphatic heterocycles. The smallest absolute Gasteiger partial charge is 0.424 e. The van der Waals surface area contributed by atoms with Crippen LogP contribution < -0.4 is 4.43 Å². The summed E-state index contributed by atoms with van der Waals surface area (Å²) in [6.07, 6.45) is 1.15. The monoisotopic (exact) mass is 587 g/mol. The van der Waals surface area contributed by atoms with Gasteiger partial charge in [0.05, 0.1) is 18.9 Å². The van der Waals surface area contributed by atoms with Crippen molar-refractivity contribution in [3.05, 3.63) is 29.8 Å². The van der Waals surface area contributed by atoms with E-state index in [-0.39, 0.29) is 16.7 Å². The summed E-state index contributed by atoms with van der Waals surface area (Å²) in [6.45, 7) is 26.9. The van der Waals surface area contributed by atoms with Gasteiger partial charge in [0.25, 0.3) is 0 Å². The maximum Gasteiger partial charge on any atom is 0.424 e. The number of aryl methyl sites for hydroxylation is 1. The van der Waals surface area contributed by atoms with Gasteiger partial charge in [-0.15, -0.1) is 0 Å². The quantitative estimate of drug-likeness (QED) is 0.262. The fraction of sp³-hybridized carbons (Fsp3) is 0.750. The lowest BCUT2D eigenvalue weighted by molar-refractivity contribution is 0.0293. The van der Waals surface area contributed by atoms with Gasteiger partial charge >= 0.3 is 6.09 Å². The Morgan fingerprint density at radius 1 is 0.868 bits per heavy atom. The summed E-state index contributed by atoms with van der Waals surface area (Å²) >= 11 is 0. The summed E-state index contributed by atoms with van der Waals surface area (Å²) in [5.74, 6) is 0.838. The number of amides is 1. The minimum Gasteiger partial charge on any atom is -0.544 e. The van der Waals surface area contributed by atoms with Crippen molar-refractivity contribution in [3.8, 4) is 5.75 Å². The number of ether oxygens (including phenoxy) is 1. The highest BCUT2D eigenvalue weighted by Crippen LogP contribution is 2.38. The molecule has 0 unspecified atom stereocenters. The summed E-state index contributed by atoms with van der Waals surface area (Å²) in [4.78, 5) is 13.1. The van der Waals surface area contributed by atoms with Crippen LogP contribution in [0.1, 0.15) is 74.3 Å². The number of carbonyl (C=O) groups excluding carboxylic acids is 1. The van der Waals surface area contributed by atoms with E-state index in [1.54, 1.807) is 20.8 Å². The van der Waals surface area contributed by atoms with E-state index in [1.165, 1.54) is 0 Å². The molecule has 0 aliphatic rings. The topological polar surface area (TPSA) is 82.1 Å². The summed E-state index contributed by atoms with van der Waals surface area (Å²) in [7, 11) is -8.05. The Kier molecular flexibility index (Phi) is 11.0. The van der Waals surface area contributed by atoms with Crippen LogP contribution in [0.3, 0.4) is 0 Å². The van der Waals surface area contributed by atoms with Gasteiger partial charge in [0.1, 0.15) is 11.4 Å². The highest BCUT2D eigenvalue weighted by molar-refractivity contribution is 7.88. The fourth-order valence-electron chi connectivity index (χ4n) is 3.16. The van der Waals surface area contributed by atoms with Crippen molar-refractivity contribution in [3.63, 3.8) is 0 Å².